The molecule has 0 saturated carbocycles. The number of nitro benzene ring substituents is 1. The fourth-order valence-corrected chi connectivity index (χ4v) is 2.64. The normalized spacial score (nSPS) is 11.2. The van der Waals surface area contributed by atoms with E-state index in [0.717, 1.165) is 11.1 Å². The van der Waals surface area contributed by atoms with Gasteiger partial charge in [0.1, 0.15) is 11.5 Å². The number of benzene rings is 2. The molecule has 0 bridgehead atoms. The molecule has 26 heavy (non-hydrogen) atoms. The molecule has 0 atom stereocenters. The van der Waals surface area contributed by atoms with E-state index in [4.69, 9.17) is 16.0 Å². The standard InChI is InChI=1S/C20H13ClN2O3/c1-13-2-7-17(23(24)25)11-19(13)20-9-8-18(26-20)10-15(12-22)14-3-5-16(21)6-4-14/h2-11H,1H3. The molecule has 5 nitrogen and oxygen atoms in total. The minimum Gasteiger partial charge on any atom is -0.457 e. The van der Waals surface area contributed by atoms with Crippen molar-refractivity contribution in [3.8, 4) is 17.4 Å². The van der Waals surface area contributed by atoms with E-state index in [1.807, 2.05) is 6.92 Å². The molecule has 0 N–H and O–H groups in total. The van der Waals surface area contributed by atoms with E-state index in [9.17, 15) is 15.4 Å². The van der Waals surface area contributed by atoms with E-state index in [2.05, 4.69) is 6.07 Å². The van der Waals surface area contributed by atoms with Gasteiger partial charge in [-0.15, -0.1) is 0 Å². The van der Waals surface area contributed by atoms with Crippen LogP contribution in [0.15, 0.2) is 59.0 Å². The zero-order valence-corrected chi connectivity index (χ0v) is 14.5. The quantitative estimate of drug-likeness (QED) is 0.329. The fourth-order valence-electron chi connectivity index (χ4n) is 2.52. The average Bonchev–Trinajstić information content (AvgIpc) is 3.09. The first-order chi connectivity index (χ1) is 12.5. The molecule has 0 saturated heterocycles. The van der Waals surface area contributed by atoms with E-state index in [1.165, 1.54) is 12.1 Å². The topological polar surface area (TPSA) is 80.1 Å². The molecule has 0 radical (unpaired) electrons. The highest BCUT2D eigenvalue weighted by Gasteiger charge is 2.13. The van der Waals surface area contributed by atoms with Crippen molar-refractivity contribution in [2.45, 2.75) is 6.92 Å². The van der Waals surface area contributed by atoms with Crippen molar-refractivity contribution >= 4 is 28.9 Å². The second-order valence-corrected chi connectivity index (χ2v) is 6.07. The Bertz CT molecular complexity index is 1040. The maximum absolute atomic E-state index is 11.0. The van der Waals surface area contributed by atoms with Gasteiger partial charge in [-0.1, -0.05) is 29.8 Å². The molecule has 0 aliphatic carbocycles. The predicted octanol–water partition coefficient (Wildman–Crippen LogP) is 5.88. The Labute approximate surface area is 154 Å². The third kappa shape index (κ3) is 3.66. The van der Waals surface area contributed by atoms with Crippen LogP contribution in [0.2, 0.25) is 5.02 Å². The summed E-state index contributed by atoms with van der Waals surface area (Å²) in [5.74, 6) is 0.989. The zero-order valence-electron chi connectivity index (χ0n) is 13.8. The number of hydrogen-bond donors (Lipinski definition) is 0. The van der Waals surface area contributed by atoms with Crippen molar-refractivity contribution in [3.05, 3.63) is 86.6 Å². The fraction of sp³-hybridized carbons (Fsp3) is 0.0500. The lowest BCUT2D eigenvalue weighted by atomic mass is 10.1. The minimum absolute atomic E-state index is 0.00188. The number of non-ortho nitro benzene ring substituents is 1. The summed E-state index contributed by atoms with van der Waals surface area (Å²) < 4.78 is 5.79. The summed E-state index contributed by atoms with van der Waals surface area (Å²) in [4.78, 5) is 10.5. The molecule has 1 aromatic heterocycles. The van der Waals surface area contributed by atoms with Crippen molar-refractivity contribution in [1.29, 1.82) is 5.26 Å². The number of halogens is 1. The largest absolute Gasteiger partial charge is 0.457 e. The molecule has 0 unspecified atom stereocenters. The van der Waals surface area contributed by atoms with Gasteiger partial charge in [0.05, 0.1) is 16.6 Å². The van der Waals surface area contributed by atoms with Gasteiger partial charge in [-0.05, 0) is 48.4 Å². The number of allylic oxidation sites excluding steroid dienone is 1. The highest BCUT2D eigenvalue weighted by atomic mass is 35.5. The summed E-state index contributed by atoms with van der Waals surface area (Å²) in [5, 5.41) is 21.0. The zero-order chi connectivity index (χ0) is 18.7. The molecular weight excluding hydrogens is 352 g/mol. The highest BCUT2D eigenvalue weighted by molar-refractivity contribution is 6.30. The number of hydrogen-bond acceptors (Lipinski definition) is 4. The van der Waals surface area contributed by atoms with Crippen LogP contribution in [0.5, 0.6) is 0 Å². The lowest BCUT2D eigenvalue weighted by molar-refractivity contribution is -0.384. The van der Waals surface area contributed by atoms with E-state index in [1.54, 1.807) is 48.5 Å². The Hall–Kier alpha value is -3.36. The van der Waals surface area contributed by atoms with Crippen molar-refractivity contribution < 1.29 is 9.34 Å². The number of aryl methyl sites for hydroxylation is 1. The lowest BCUT2D eigenvalue weighted by Crippen LogP contribution is -1.89. The van der Waals surface area contributed by atoms with Crippen molar-refractivity contribution in [2.75, 3.05) is 0 Å². The van der Waals surface area contributed by atoms with Gasteiger partial charge in [-0.2, -0.15) is 5.26 Å². The molecule has 0 amide bonds. The summed E-state index contributed by atoms with van der Waals surface area (Å²) in [5.41, 5.74) is 2.65. The molecule has 1 heterocycles. The van der Waals surface area contributed by atoms with E-state index in [0.29, 0.717) is 27.7 Å². The molecule has 0 aliphatic heterocycles. The Kier molecular flexibility index (Phi) is 4.87. The highest BCUT2D eigenvalue weighted by Crippen LogP contribution is 2.30. The summed E-state index contributed by atoms with van der Waals surface area (Å²) in [7, 11) is 0. The number of furan rings is 1. The van der Waals surface area contributed by atoms with Gasteiger partial charge < -0.3 is 4.42 Å². The van der Waals surface area contributed by atoms with Crippen molar-refractivity contribution in [2.24, 2.45) is 0 Å². The summed E-state index contributed by atoms with van der Waals surface area (Å²) >= 11 is 5.87. The maximum Gasteiger partial charge on any atom is 0.270 e. The molecule has 3 aromatic rings. The van der Waals surface area contributed by atoms with Gasteiger partial charge in [0.2, 0.25) is 0 Å². The average molecular weight is 365 g/mol. The molecule has 3 rings (SSSR count). The molecule has 128 valence electrons. The van der Waals surface area contributed by atoms with Crippen LogP contribution in [0.1, 0.15) is 16.9 Å². The molecule has 0 fully saturated rings. The Morgan fingerprint density at radius 3 is 2.58 bits per heavy atom. The van der Waals surface area contributed by atoms with E-state index >= 15 is 0 Å². The van der Waals surface area contributed by atoms with Gasteiger partial charge >= 0.3 is 0 Å². The molecule has 6 heteroatoms. The first kappa shape index (κ1) is 17.5. The molecular formula is C20H13ClN2O3. The van der Waals surface area contributed by atoms with Gasteiger partial charge in [-0.3, -0.25) is 10.1 Å². The van der Waals surface area contributed by atoms with Crippen LogP contribution in [-0.2, 0) is 0 Å². The van der Waals surface area contributed by atoms with Crippen LogP contribution < -0.4 is 0 Å². The second-order valence-electron chi connectivity index (χ2n) is 5.64. The van der Waals surface area contributed by atoms with Crippen LogP contribution in [-0.4, -0.2) is 4.92 Å². The Balaban J connectivity index is 1.97. The summed E-state index contributed by atoms with van der Waals surface area (Å²) in [6.07, 6.45) is 1.62. The van der Waals surface area contributed by atoms with Crippen molar-refractivity contribution in [1.82, 2.24) is 0 Å². The van der Waals surface area contributed by atoms with Gasteiger partial charge in [-0.25, -0.2) is 0 Å². The van der Waals surface area contributed by atoms with Crippen LogP contribution in [0.25, 0.3) is 23.0 Å². The summed E-state index contributed by atoms with van der Waals surface area (Å²) in [6, 6.07) is 17.1. The van der Waals surface area contributed by atoms with Crippen LogP contribution in [0, 0.1) is 28.4 Å². The van der Waals surface area contributed by atoms with Crippen molar-refractivity contribution in [3.63, 3.8) is 0 Å². The predicted molar refractivity (Wildman–Crippen MR) is 100 cm³/mol. The smallest absolute Gasteiger partial charge is 0.270 e. The second kappa shape index (κ2) is 7.26. The molecule has 2 aromatic carbocycles. The Morgan fingerprint density at radius 2 is 1.92 bits per heavy atom. The van der Waals surface area contributed by atoms with Crippen LogP contribution in [0.4, 0.5) is 5.69 Å². The summed E-state index contributed by atoms with van der Waals surface area (Å²) in [6.45, 7) is 1.85. The minimum atomic E-state index is -0.443. The third-order valence-electron chi connectivity index (χ3n) is 3.89. The molecule has 0 aliphatic rings. The van der Waals surface area contributed by atoms with Gasteiger partial charge in [0.25, 0.3) is 5.69 Å². The number of rotatable bonds is 4. The van der Waals surface area contributed by atoms with Gasteiger partial charge in [0, 0.05) is 22.7 Å². The first-order valence-corrected chi connectivity index (χ1v) is 8.08. The van der Waals surface area contributed by atoms with E-state index < -0.39 is 4.92 Å². The van der Waals surface area contributed by atoms with E-state index in [-0.39, 0.29) is 5.69 Å². The monoisotopic (exact) mass is 364 g/mol. The third-order valence-corrected chi connectivity index (χ3v) is 4.14. The first-order valence-electron chi connectivity index (χ1n) is 7.71. The number of nitriles is 1. The number of nitrogens with zero attached hydrogens (tertiary/aromatic N) is 2. The van der Waals surface area contributed by atoms with Gasteiger partial charge in [0.15, 0.2) is 0 Å². The van der Waals surface area contributed by atoms with Crippen LogP contribution in [0.3, 0.4) is 0 Å². The lowest BCUT2D eigenvalue weighted by Gasteiger charge is -2.02. The SMILES string of the molecule is Cc1ccc([N+](=O)[O-])cc1-c1ccc(C=C(C#N)c2ccc(Cl)cc2)o1. The molecule has 0 spiro atoms. The maximum atomic E-state index is 11.0. The number of nitro groups is 1. The Morgan fingerprint density at radius 1 is 1.19 bits per heavy atom. The van der Waals surface area contributed by atoms with Crippen LogP contribution >= 0.6 is 11.6 Å².